The van der Waals surface area contributed by atoms with Gasteiger partial charge in [0.2, 0.25) is 0 Å². The Kier molecular flexibility index (Phi) is 5.30. The summed E-state index contributed by atoms with van der Waals surface area (Å²) in [7, 11) is 0. The van der Waals surface area contributed by atoms with Crippen LogP contribution in [0.15, 0.2) is 18.2 Å². The normalized spacial score (nSPS) is 11.6. The molecule has 0 aromatic carbocycles. The average molecular weight is 282 g/mol. The summed E-state index contributed by atoms with van der Waals surface area (Å²) in [5.41, 5.74) is -0.507. The summed E-state index contributed by atoms with van der Waals surface area (Å²) >= 11 is 1.27. The van der Waals surface area contributed by atoms with Crippen LogP contribution < -0.4 is 0 Å². The smallest absolute Gasteiger partial charge is 0.348 e. The highest BCUT2D eigenvalue weighted by molar-refractivity contribution is 7.14. The molecule has 1 aromatic heterocycles. The summed E-state index contributed by atoms with van der Waals surface area (Å²) in [5.74, 6) is -0.747. The third-order valence-corrected chi connectivity index (χ3v) is 2.92. The van der Waals surface area contributed by atoms with Crippen LogP contribution in [0.1, 0.15) is 42.2 Å². The van der Waals surface area contributed by atoms with Crippen molar-refractivity contribution in [3.63, 3.8) is 0 Å². The van der Waals surface area contributed by atoms with E-state index in [1.165, 1.54) is 17.4 Å². The largest absolute Gasteiger partial charge is 0.462 e. The lowest BCUT2D eigenvalue weighted by Crippen LogP contribution is -2.22. The van der Waals surface area contributed by atoms with Crippen LogP contribution >= 0.6 is 11.3 Å². The van der Waals surface area contributed by atoms with Crippen LogP contribution in [-0.2, 0) is 14.3 Å². The summed E-state index contributed by atoms with van der Waals surface area (Å²) < 4.78 is 10.0. The van der Waals surface area contributed by atoms with Crippen LogP contribution in [0.4, 0.5) is 0 Å². The predicted molar refractivity (Wildman–Crippen MR) is 75.2 cm³/mol. The van der Waals surface area contributed by atoms with E-state index in [4.69, 9.17) is 9.47 Å². The van der Waals surface area contributed by atoms with Crippen molar-refractivity contribution in [2.45, 2.75) is 33.3 Å². The summed E-state index contributed by atoms with van der Waals surface area (Å²) in [6, 6.07) is 3.44. The predicted octanol–water partition coefficient (Wildman–Crippen LogP) is 3.28. The molecule has 0 aliphatic carbocycles. The second kappa shape index (κ2) is 6.52. The number of carbonyl (C=O) groups is 2. The van der Waals surface area contributed by atoms with Crippen LogP contribution in [0.25, 0.3) is 6.08 Å². The highest BCUT2D eigenvalue weighted by Crippen LogP contribution is 2.19. The van der Waals surface area contributed by atoms with Crippen molar-refractivity contribution in [1.29, 1.82) is 0 Å². The molecule has 19 heavy (non-hydrogen) atoms. The Morgan fingerprint density at radius 1 is 1.32 bits per heavy atom. The minimum absolute atomic E-state index is 0.343. The van der Waals surface area contributed by atoms with Gasteiger partial charge in [0.05, 0.1) is 6.61 Å². The maximum atomic E-state index is 11.5. The quantitative estimate of drug-likeness (QED) is 0.628. The molecule has 0 saturated carbocycles. The Hall–Kier alpha value is -1.62. The topological polar surface area (TPSA) is 52.6 Å². The van der Waals surface area contributed by atoms with Crippen molar-refractivity contribution in [3.05, 3.63) is 28.0 Å². The molecule has 0 radical (unpaired) electrons. The van der Waals surface area contributed by atoms with Crippen LogP contribution in [-0.4, -0.2) is 24.1 Å². The molecule has 104 valence electrons. The number of hydrogen-bond acceptors (Lipinski definition) is 5. The van der Waals surface area contributed by atoms with E-state index in [0.717, 1.165) is 4.88 Å². The Labute approximate surface area is 117 Å². The van der Waals surface area contributed by atoms with Crippen molar-refractivity contribution in [2.75, 3.05) is 6.61 Å². The minimum Gasteiger partial charge on any atom is -0.462 e. The zero-order chi connectivity index (χ0) is 14.5. The van der Waals surface area contributed by atoms with Gasteiger partial charge >= 0.3 is 11.9 Å². The van der Waals surface area contributed by atoms with E-state index in [1.807, 2.05) is 20.8 Å². The fourth-order valence-electron chi connectivity index (χ4n) is 1.24. The molecule has 5 heteroatoms. The van der Waals surface area contributed by atoms with Gasteiger partial charge in [0.15, 0.2) is 0 Å². The van der Waals surface area contributed by atoms with Gasteiger partial charge in [-0.2, -0.15) is 0 Å². The lowest BCUT2D eigenvalue weighted by atomic mass is 10.2. The van der Waals surface area contributed by atoms with Gasteiger partial charge in [0, 0.05) is 11.0 Å². The van der Waals surface area contributed by atoms with E-state index in [-0.39, 0.29) is 5.97 Å². The molecule has 0 amide bonds. The van der Waals surface area contributed by atoms with Crippen LogP contribution in [0.5, 0.6) is 0 Å². The molecule has 0 aliphatic heterocycles. The first kappa shape index (κ1) is 15.4. The van der Waals surface area contributed by atoms with Crippen molar-refractivity contribution in [2.24, 2.45) is 0 Å². The first-order valence-electron chi connectivity index (χ1n) is 6.00. The third-order valence-electron chi connectivity index (χ3n) is 1.89. The average Bonchev–Trinajstić information content (AvgIpc) is 2.73. The summed E-state index contributed by atoms with van der Waals surface area (Å²) in [4.78, 5) is 24.3. The number of thiophene rings is 1. The fourth-order valence-corrected chi connectivity index (χ4v) is 2.04. The standard InChI is InChI=1S/C14H18O4S/c1-5-17-13(16)11-8-6-10(19-11)7-9-12(15)18-14(2,3)4/h6-9H,5H2,1-4H3. The maximum Gasteiger partial charge on any atom is 0.348 e. The van der Waals surface area contributed by atoms with Gasteiger partial charge in [-0.1, -0.05) is 0 Å². The number of carbonyl (C=O) groups excluding carboxylic acids is 2. The van der Waals surface area contributed by atoms with Crippen LogP contribution in [0.3, 0.4) is 0 Å². The highest BCUT2D eigenvalue weighted by atomic mass is 32.1. The molecule has 0 atom stereocenters. The third kappa shape index (κ3) is 5.70. The first-order chi connectivity index (χ1) is 8.81. The minimum atomic E-state index is -0.507. The molecule has 1 rings (SSSR count). The Morgan fingerprint density at radius 2 is 2.00 bits per heavy atom. The molecule has 0 saturated heterocycles. The number of rotatable bonds is 4. The van der Waals surface area contributed by atoms with E-state index in [0.29, 0.717) is 11.5 Å². The first-order valence-corrected chi connectivity index (χ1v) is 6.81. The second-order valence-corrected chi connectivity index (χ2v) is 5.90. The molecular weight excluding hydrogens is 264 g/mol. The van der Waals surface area contributed by atoms with Crippen molar-refractivity contribution >= 4 is 29.4 Å². The highest BCUT2D eigenvalue weighted by Gasteiger charge is 2.14. The van der Waals surface area contributed by atoms with E-state index < -0.39 is 11.6 Å². The second-order valence-electron chi connectivity index (χ2n) is 4.79. The van der Waals surface area contributed by atoms with Gasteiger partial charge in [0.1, 0.15) is 10.5 Å². The van der Waals surface area contributed by atoms with Gasteiger partial charge < -0.3 is 9.47 Å². The molecular formula is C14H18O4S. The van der Waals surface area contributed by atoms with E-state index >= 15 is 0 Å². The number of esters is 2. The molecule has 1 aromatic rings. The van der Waals surface area contributed by atoms with E-state index in [1.54, 1.807) is 25.1 Å². The van der Waals surface area contributed by atoms with Gasteiger partial charge in [-0.15, -0.1) is 11.3 Å². The lowest BCUT2D eigenvalue weighted by molar-refractivity contribution is -0.148. The summed E-state index contributed by atoms with van der Waals surface area (Å²) in [5, 5.41) is 0. The SMILES string of the molecule is CCOC(=O)c1ccc(C=CC(=O)OC(C)(C)C)s1. The summed E-state index contributed by atoms with van der Waals surface area (Å²) in [6.45, 7) is 7.53. The number of ether oxygens (including phenoxy) is 2. The molecule has 0 aliphatic rings. The maximum absolute atomic E-state index is 11.5. The number of hydrogen-bond donors (Lipinski definition) is 0. The fraction of sp³-hybridized carbons (Fsp3) is 0.429. The lowest BCUT2D eigenvalue weighted by Gasteiger charge is -2.17. The molecule has 0 spiro atoms. The Morgan fingerprint density at radius 3 is 2.58 bits per heavy atom. The zero-order valence-corrected chi connectivity index (χ0v) is 12.4. The van der Waals surface area contributed by atoms with E-state index in [2.05, 4.69) is 0 Å². The van der Waals surface area contributed by atoms with Gasteiger partial charge in [-0.3, -0.25) is 0 Å². The molecule has 0 unspecified atom stereocenters. The van der Waals surface area contributed by atoms with Gasteiger partial charge in [0.25, 0.3) is 0 Å². The van der Waals surface area contributed by atoms with Crippen LogP contribution in [0, 0.1) is 0 Å². The van der Waals surface area contributed by atoms with Crippen molar-refractivity contribution in [1.82, 2.24) is 0 Å². The zero-order valence-electron chi connectivity index (χ0n) is 11.6. The summed E-state index contributed by atoms with van der Waals surface area (Å²) in [6.07, 6.45) is 2.98. The van der Waals surface area contributed by atoms with Gasteiger partial charge in [-0.25, -0.2) is 9.59 Å². The van der Waals surface area contributed by atoms with E-state index in [9.17, 15) is 9.59 Å². The molecule has 1 heterocycles. The Balaban J connectivity index is 2.63. The Bertz CT molecular complexity index is 480. The van der Waals surface area contributed by atoms with Crippen molar-refractivity contribution < 1.29 is 19.1 Å². The molecule has 0 fully saturated rings. The molecule has 0 N–H and O–H groups in total. The molecule has 0 bridgehead atoms. The van der Waals surface area contributed by atoms with Crippen LogP contribution in [0.2, 0.25) is 0 Å². The van der Waals surface area contributed by atoms with Crippen molar-refractivity contribution in [3.8, 4) is 0 Å². The van der Waals surface area contributed by atoms with Gasteiger partial charge in [-0.05, 0) is 45.9 Å². The monoisotopic (exact) mass is 282 g/mol. The molecule has 4 nitrogen and oxygen atoms in total.